The molecule has 1 fully saturated rings. The van der Waals surface area contributed by atoms with Gasteiger partial charge in [-0.25, -0.2) is 28.6 Å². The summed E-state index contributed by atoms with van der Waals surface area (Å²) in [4.78, 5) is 88.1. The van der Waals surface area contributed by atoms with Crippen LogP contribution in [0.3, 0.4) is 0 Å². The fraction of sp³-hybridized carbons (Fsp3) is 0.714. The van der Waals surface area contributed by atoms with E-state index in [4.69, 9.17) is 19.5 Å². The number of phosphoric ester groups is 3. The van der Waals surface area contributed by atoms with Crippen molar-refractivity contribution >= 4 is 69.1 Å². The number of fused-ring (bicyclic) bond motifs is 1. The zero-order valence-electron chi connectivity index (χ0n) is 35.3. The monoisotopic (exact) mass is 975 g/mol. The van der Waals surface area contributed by atoms with Crippen LogP contribution in [0.5, 0.6) is 0 Å². The van der Waals surface area contributed by atoms with Crippen LogP contribution >= 0.6 is 35.2 Å². The van der Waals surface area contributed by atoms with E-state index in [0.717, 1.165) is 61.1 Å². The number of imidazole rings is 1. The number of rotatable bonds is 30. The molecule has 0 radical (unpaired) electrons. The molecular weight excluding hydrogens is 915 g/mol. The Labute approximate surface area is 368 Å². The van der Waals surface area contributed by atoms with E-state index in [1.54, 1.807) is 0 Å². The summed E-state index contributed by atoms with van der Waals surface area (Å²) in [6.07, 6.45) is 7.92. The molecule has 28 heteroatoms. The maximum Gasteiger partial charge on any atom is 0.481 e. The minimum absolute atomic E-state index is 0.0324. The minimum atomic E-state index is -5.57. The molecule has 0 saturated carbocycles. The van der Waals surface area contributed by atoms with E-state index in [9.17, 15) is 57.9 Å². The highest BCUT2D eigenvalue weighted by Gasteiger charge is 2.50. The molecule has 3 heterocycles. The van der Waals surface area contributed by atoms with Gasteiger partial charge in [-0.1, -0.05) is 70.4 Å². The Kier molecular flexibility index (Phi) is 22.4. The van der Waals surface area contributed by atoms with Crippen LogP contribution in [-0.2, 0) is 50.7 Å². The molecule has 3 rings (SSSR count). The summed E-state index contributed by atoms with van der Waals surface area (Å²) < 4.78 is 62.3. The van der Waals surface area contributed by atoms with Crippen molar-refractivity contribution in [1.29, 1.82) is 0 Å². The second-order valence-corrected chi connectivity index (χ2v) is 20.6. The van der Waals surface area contributed by atoms with Crippen LogP contribution in [0.2, 0.25) is 0 Å². The van der Waals surface area contributed by atoms with E-state index < -0.39 is 84.6 Å². The highest BCUT2D eigenvalue weighted by atomic mass is 32.2. The summed E-state index contributed by atoms with van der Waals surface area (Å²) in [6.45, 7) is 2.75. The summed E-state index contributed by atoms with van der Waals surface area (Å²) in [6, 6.07) is 0. The van der Waals surface area contributed by atoms with Gasteiger partial charge in [0.15, 0.2) is 22.8 Å². The van der Waals surface area contributed by atoms with Crippen molar-refractivity contribution in [2.45, 2.75) is 122 Å². The minimum Gasteiger partial charge on any atom is -0.386 e. The SMILES string of the molecule is CCCCCC/C=C/CCCCCC(=O)SCCNC(=O)CCNC(=O)C(O)C(C)(C)COP(=O)(O)OP(=O)(O)OCC1OC(n2cnc3c(N)ncnc32)C(O)C1OP(=O)(O)O. The molecule has 1 aliphatic rings. The Morgan fingerprint density at radius 2 is 1.62 bits per heavy atom. The lowest BCUT2D eigenvalue weighted by molar-refractivity contribution is -0.137. The average molecular weight is 976 g/mol. The summed E-state index contributed by atoms with van der Waals surface area (Å²) in [5.74, 6) is -1.04. The zero-order chi connectivity index (χ0) is 46.8. The number of nitrogens with one attached hydrogen (secondary N) is 2. The molecule has 10 N–H and O–H groups in total. The Hall–Kier alpha value is -2.70. The number of unbranched alkanes of at least 4 members (excludes halogenated alkanes) is 7. The van der Waals surface area contributed by atoms with Crippen LogP contribution < -0.4 is 16.4 Å². The fourth-order valence-corrected chi connectivity index (χ4v) is 9.55. The van der Waals surface area contributed by atoms with Crippen LogP contribution in [0.4, 0.5) is 5.82 Å². The standard InChI is InChI=1S/C35H60N7O17P3S/c1-4-5-6-7-8-9-10-11-12-13-14-15-26(44)63-19-18-37-25(43)16-17-38-33(47)30(46)35(2,3)21-56-62(53,54)59-61(51,52)55-20-24-29(58-60(48,49)50)28(45)34(57-24)42-23-41-27-31(36)39-22-40-32(27)42/h9-10,22-24,28-30,34,45-46H,4-8,11-21H2,1-3H3,(H,37,43)(H,38,47)(H,51,52)(H,53,54)(H2,36,39,40)(H2,48,49,50)/b10-9+. The van der Waals surface area contributed by atoms with Crippen molar-refractivity contribution in [2.75, 3.05) is 37.8 Å². The second-order valence-electron chi connectivity index (χ2n) is 15.2. The first-order chi connectivity index (χ1) is 29.6. The number of ether oxygens (including phenoxy) is 1. The van der Waals surface area contributed by atoms with Gasteiger partial charge in [0.1, 0.15) is 36.3 Å². The van der Waals surface area contributed by atoms with Crippen molar-refractivity contribution in [1.82, 2.24) is 30.2 Å². The summed E-state index contributed by atoms with van der Waals surface area (Å²) in [7, 11) is -16.4. The van der Waals surface area contributed by atoms with Gasteiger partial charge in [-0.15, -0.1) is 0 Å². The van der Waals surface area contributed by atoms with Crippen molar-refractivity contribution < 1.29 is 80.5 Å². The molecule has 0 aromatic carbocycles. The first-order valence-corrected chi connectivity index (χ1v) is 25.8. The Bertz CT molecular complexity index is 1970. The topological polar surface area (TPSA) is 364 Å². The molecule has 2 aromatic heterocycles. The lowest BCUT2D eigenvalue weighted by atomic mass is 9.87. The maximum absolute atomic E-state index is 12.7. The van der Waals surface area contributed by atoms with Gasteiger partial charge in [0.25, 0.3) is 0 Å². The normalized spacial score (nSPS) is 20.7. The van der Waals surface area contributed by atoms with Crippen LogP contribution in [0, 0.1) is 5.41 Å². The molecule has 63 heavy (non-hydrogen) atoms. The number of nitrogens with zero attached hydrogens (tertiary/aromatic N) is 4. The lowest BCUT2D eigenvalue weighted by Gasteiger charge is -2.30. The van der Waals surface area contributed by atoms with Gasteiger partial charge >= 0.3 is 23.5 Å². The van der Waals surface area contributed by atoms with Crippen molar-refractivity contribution in [2.24, 2.45) is 5.41 Å². The van der Waals surface area contributed by atoms with Crippen molar-refractivity contribution in [3.8, 4) is 0 Å². The Morgan fingerprint density at radius 1 is 0.952 bits per heavy atom. The lowest BCUT2D eigenvalue weighted by Crippen LogP contribution is -2.46. The van der Waals surface area contributed by atoms with Gasteiger partial charge in [-0.05, 0) is 32.1 Å². The van der Waals surface area contributed by atoms with Crippen LogP contribution in [0.25, 0.3) is 11.2 Å². The van der Waals surface area contributed by atoms with Crippen LogP contribution in [0.15, 0.2) is 24.8 Å². The number of thioether (sulfide) groups is 1. The van der Waals surface area contributed by atoms with Crippen molar-refractivity contribution in [3.63, 3.8) is 0 Å². The van der Waals surface area contributed by atoms with Crippen LogP contribution in [0.1, 0.15) is 97.6 Å². The third-order valence-corrected chi connectivity index (χ3v) is 13.4. The van der Waals surface area contributed by atoms with Crippen LogP contribution in [-0.4, -0.2) is 123 Å². The van der Waals surface area contributed by atoms with E-state index in [1.807, 2.05) is 0 Å². The molecule has 2 amide bonds. The zero-order valence-corrected chi connectivity index (χ0v) is 38.8. The number of aliphatic hydroxyl groups excluding tert-OH is 2. The number of phosphoric acid groups is 3. The van der Waals surface area contributed by atoms with Crippen molar-refractivity contribution in [3.05, 3.63) is 24.8 Å². The number of hydrogen-bond donors (Lipinski definition) is 9. The molecule has 7 unspecified atom stereocenters. The number of nitrogen functional groups attached to an aromatic ring is 1. The number of anilines is 1. The molecule has 0 spiro atoms. The van der Waals surface area contributed by atoms with E-state index in [2.05, 4.69) is 53.5 Å². The van der Waals surface area contributed by atoms with Gasteiger partial charge in [-0.3, -0.25) is 32.5 Å². The molecule has 358 valence electrons. The molecule has 2 aromatic rings. The molecular formula is C35H60N7O17P3S. The van der Waals surface area contributed by atoms with E-state index in [-0.39, 0.29) is 41.6 Å². The summed E-state index contributed by atoms with van der Waals surface area (Å²) in [5.41, 5.74) is 4.28. The average Bonchev–Trinajstić information content (AvgIpc) is 3.76. The molecule has 1 saturated heterocycles. The molecule has 1 aliphatic heterocycles. The number of hydrogen-bond acceptors (Lipinski definition) is 18. The smallest absolute Gasteiger partial charge is 0.386 e. The largest absolute Gasteiger partial charge is 0.481 e. The summed E-state index contributed by atoms with van der Waals surface area (Å²) in [5, 5.41) is 26.6. The quantitative estimate of drug-likeness (QED) is 0.0308. The van der Waals surface area contributed by atoms with Gasteiger partial charge in [0, 0.05) is 37.1 Å². The number of nitrogens with two attached hydrogens (primary N) is 1. The number of carbonyl (C=O) groups is 3. The fourth-order valence-electron chi connectivity index (χ4n) is 6.00. The summed E-state index contributed by atoms with van der Waals surface area (Å²) >= 11 is 1.14. The number of aliphatic hydroxyl groups is 2. The number of allylic oxidation sites excluding steroid dienone is 2. The van der Waals surface area contributed by atoms with Gasteiger partial charge in [0.2, 0.25) is 11.8 Å². The third-order valence-electron chi connectivity index (χ3n) is 9.41. The van der Waals surface area contributed by atoms with E-state index in [1.165, 1.54) is 39.5 Å². The molecule has 0 aliphatic carbocycles. The molecule has 24 nitrogen and oxygen atoms in total. The predicted octanol–water partition coefficient (Wildman–Crippen LogP) is 3.14. The molecule has 0 bridgehead atoms. The van der Waals surface area contributed by atoms with E-state index in [0.29, 0.717) is 12.2 Å². The number of carbonyl (C=O) groups excluding carboxylic acids is 3. The Balaban J connectivity index is 1.36. The number of aromatic nitrogens is 4. The van der Waals surface area contributed by atoms with E-state index >= 15 is 0 Å². The first kappa shape index (κ1) is 54.6. The first-order valence-electron chi connectivity index (χ1n) is 20.3. The highest BCUT2D eigenvalue weighted by molar-refractivity contribution is 8.13. The molecule has 7 atom stereocenters. The van der Waals surface area contributed by atoms with Gasteiger partial charge in [-0.2, -0.15) is 4.31 Å². The van der Waals surface area contributed by atoms with Gasteiger partial charge < -0.3 is 50.9 Å². The number of amides is 2. The van der Waals surface area contributed by atoms with Gasteiger partial charge in [0.05, 0.1) is 19.5 Å². The third kappa shape index (κ3) is 19.4. The Morgan fingerprint density at radius 3 is 2.29 bits per heavy atom. The second kappa shape index (κ2) is 25.9. The maximum atomic E-state index is 12.7. The predicted molar refractivity (Wildman–Crippen MR) is 228 cm³/mol. The highest BCUT2D eigenvalue weighted by Crippen LogP contribution is 2.61.